The fourth-order valence-electron chi connectivity index (χ4n) is 9.41. The molecule has 3 aliphatic rings. The van der Waals surface area contributed by atoms with E-state index < -0.39 is 71.9 Å². The highest BCUT2D eigenvalue weighted by Gasteiger charge is 2.65. The van der Waals surface area contributed by atoms with Crippen molar-refractivity contribution in [2.75, 3.05) is 61.8 Å². The number of rotatable bonds is 13. The number of amides is 2. The predicted molar refractivity (Wildman–Crippen MR) is 274 cm³/mol. The summed E-state index contributed by atoms with van der Waals surface area (Å²) < 4.78 is 68.7. The van der Waals surface area contributed by atoms with E-state index in [2.05, 4.69) is 95.9 Å². The first-order valence-corrected chi connectivity index (χ1v) is 28.4. The highest BCUT2D eigenvalue weighted by molar-refractivity contribution is 6.84. The predicted octanol–water partition coefficient (Wildman–Crippen LogP) is 7.03. The lowest BCUT2D eigenvalue weighted by Gasteiger charge is -2.51. The van der Waals surface area contributed by atoms with Crippen molar-refractivity contribution >= 4 is 74.8 Å². The maximum atomic E-state index is 17.4. The molecule has 25 heteroatoms. The minimum Gasteiger partial charge on any atom is -0.414 e. The van der Waals surface area contributed by atoms with Crippen molar-refractivity contribution in [1.82, 2.24) is 39.0 Å². The van der Waals surface area contributed by atoms with Gasteiger partial charge in [0.2, 0.25) is 23.7 Å². The van der Waals surface area contributed by atoms with Crippen LogP contribution in [0.15, 0.2) is 12.7 Å². The number of carbonyl (C=O) groups is 2. The number of halogens is 2. The van der Waals surface area contributed by atoms with Gasteiger partial charge in [-0.05, 0) is 36.0 Å². The summed E-state index contributed by atoms with van der Waals surface area (Å²) in [6.45, 7) is 26.4. The van der Waals surface area contributed by atoms with Crippen molar-refractivity contribution in [3.8, 4) is 0 Å². The zero-order valence-electron chi connectivity index (χ0n) is 44.5. The molecule has 0 radical (unpaired) electrons. The lowest BCUT2D eigenvalue weighted by molar-refractivity contribution is -0.119. The molecule has 0 aromatic carbocycles. The van der Waals surface area contributed by atoms with E-state index in [9.17, 15) is 19.8 Å². The average molecular weight is 1040 g/mol. The lowest BCUT2D eigenvalue weighted by Crippen LogP contribution is -2.66. The monoisotopic (exact) mass is 1040 g/mol. The normalized spacial score (nSPS) is 27.4. The molecule has 7 heterocycles. The Labute approximate surface area is 420 Å². The fourth-order valence-corrected chi connectivity index (χ4v) is 20.7. The van der Waals surface area contributed by atoms with Crippen molar-refractivity contribution < 1.29 is 53.9 Å². The zero-order valence-corrected chi connectivity index (χ0v) is 46.5. The van der Waals surface area contributed by atoms with Crippen LogP contribution in [0.2, 0.25) is 22.2 Å². The smallest absolute Gasteiger partial charge is 0.335 e. The maximum Gasteiger partial charge on any atom is 0.335 e. The molecule has 0 unspecified atom stereocenters. The molecule has 0 aliphatic carbocycles. The van der Waals surface area contributed by atoms with E-state index in [0.717, 1.165) is 0 Å². The Hall–Kier alpha value is -4.35. The Bertz CT molecular complexity index is 2540. The summed E-state index contributed by atoms with van der Waals surface area (Å²) in [6, 6.07) is 0. The number of aliphatic hydroxyl groups is 2. The Balaban J connectivity index is 0.000000334. The standard InChI is InChI=1S/C29H51FN6O5Si2.C17H25FN6O4.2H2/c1-16(2)26(37)34-28-32-24(35(12)13)22-25(33-28)36(15-31-22)27-29(11,30)23-21(39-27)14-38-42(17(3)4,18(5)6)41-43(40-23,19(7)8)20(9)10;1-8(2)14(27)22-16-20-12(23(4)5)10-13(21-16)24(7-19-10)15-17(3,18)11(26)9(6-25)28-15;;/h15-21,23,27H,14H2,1-13H3,(H,32,33,34,37);7-9,11,15,25-26H,6H2,1-5H3,(H,20,21,22,27);2*1H/t21-,23-,27-,29-;9-,11-,15-,17-;;/m11../s1. The maximum absolute atomic E-state index is 17.4. The number of hydrogen-bond acceptors (Lipinski definition) is 17. The van der Waals surface area contributed by atoms with Crippen molar-refractivity contribution in [2.45, 2.75) is 167 Å². The molecule has 71 heavy (non-hydrogen) atoms. The van der Waals surface area contributed by atoms with Gasteiger partial charge in [0, 0.05) is 42.9 Å². The van der Waals surface area contributed by atoms with Gasteiger partial charge < -0.3 is 42.5 Å². The molecule has 3 saturated heterocycles. The molecule has 0 saturated carbocycles. The van der Waals surface area contributed by atoms with Gasteiger partial charge in [0.15, 0.2) is 57.8 Å². The molecule has 0 spiro atoms. The molecule has 4 aromatic heterocycles. The summed E-state index contributed by atoms with van der Waals surface area (Å²) in [5, 5.41) is 24.9. The van der Waals surface area contributed by atoms with Crippen LogP contribution < -0.4 is 20.4 Å². The second kappa shape index (κ2) is 20.9. The van der Waals surface area contributed by atoms with Crippen LogP contribution in [-0.2, 0) is 32.0 Å². The highest BCUT2D eigenvalue weighted by Crippen LogP contribution is 2.52. The molecule has 4 aromatic rings. The summed E-state index contributed by atoms with van der Waals surface area (Å²) >= 11 is 0. The van der Waals surface area contributed by atoms with Gasteiger partial charge in [-0.1, -0.05) is 83.1 Å². The van der Waals surface area contributed by atoms with Gasteiger partial charge in [0.05, 0.1) is 25.9 Å². The Morgan fingerprint density at radius 3 is 1.52 bits per heavy atom. The number of nitrogens with one attached hydrogen (secondary N) is 2. The molecule has 4 N–H and O–H groups in total. The van der Waals surface area contributed by atoms with Crippen LogP contribution in [0.1, 0.15) is 112 Å². The van der Waals surface area contributed by atoms with Crippen molar-refractivity contribution in [1.29, 1.82) is 0 Å². The number of hydrogen-bond donors (Lipinski definition) is 4. The van der Waals surface area contributed by atoms with Gasteiger partial charge in [-0.15, -0.1) is 0 Å². The molecule has 8 atom stereocenters. The van der Waals surface area contributed by atoms with Crippen LogP contribution in [0.25, 0.3) is 22.3 Å². The second-order valence-corrected chi connectivity index (χ2v) is 30.3. The molecule has 400 valence electrons. The summed E-state index contributed by atoms with van der Waals surface area (Å²) in [7, 11) is 1.27. The largest absolute Gasteiger partial charge is 0.414 e. The van der Waals surface area contributed by atoms with Gasteiger partial charge >= 0.3 is 17.1 Å². The fraction of sp³-hybridized carbons (Fsp3) is 0.739. The summed E-state index contributed by atoms with van der Waals surface area (Å²) in [6.07, 6.45) is -3.72. The van der Waals surface area contributed by atoms with E-state index in [-0.39, 0.29) is 72.8 Å². The van der Waals surface area contributed by atoms with Gasteiger partial charge in [0.1, 0.15) is 24.4 Å². The number of ether oxygens (including phenoxy) is 2. The minimum atomic E-state index is -3.07. The quantitative estimate of drug-likeness (QED) is 0.0984. The third-order valence-electron chi connectivity index (χ3n) is 13.6. The van der Waals surface area contributed by atoms with Crippen molar-refractivity contribution in [3.63, 3.8) is 0 Å². The van der Waals surface area contributed by atoms with Crippen LogP contribution in [0.5, 0.6) is 0 Å². The topological polar surface area (TPSA) is 238 Å². The average Bonchev–Trinajstić information content (AvgIpc) is 4.00. The highest BCUT2D eigenvalue weighted by atomic mass is 28.5. The van der Waals surface area contributed by atoms with E-state index in [1.807, 2.05) is 14.1 Å². The molecule has 0 bridgehead atoms. The molecule has 3 aliphatic heterocycles. The summed E-state index contributed by atoms with van der Waals surface area (Å²) in [5.74, 6) is 0.0563. The molecule has 3 fully saturated rings. The van der Waals surface area contributed by atoms with Crippen LogP contribution in [0.3, 0.4) is 0 Å². The number of imidazole rings is 2. The first-order chi connectivity index (χ1) is 33.0. The lowest BCUT2D eigenvalue weighted by atomic mass is 9.98. The molecular weight excluding hydrogens is 959 g/mol. The van der Waals surface area contributed by atoms with E-state index in [1.54, 1.807) is 56.2 Å². The van der Waals surface area contributed by atoms with Crippen LogP contribution in [0.4, 0.5) is 32.3 Å². The number of alkyl halides is 2. The Kier molecular flexibility index (Phi) is 16.5. The third kappa shape index (κ3) is 10.3. The van der Waals surface area contributed by atoms with Crippen LogP contribution in [0, 0.1) is 11.8 Å². The number of anilines is 4. The van der Waals surface area contributed by atoms with Gasteiger partial charge in [-0.25, -0.2) is 18.7 Å². The minimum absolute atomic E-state index is 0. The van der Waals surface area contributed by atoms with Crippen molar-refractivity contribution in [2.24, 2.45) is 11.8 Å². The number of fused-ring (bicyclic) bond motifs is 3. The Morgan fingerprint density at radius 1 is 0.732 bits per heavy atom. The zero-order chi connectivity index (χ0) is 53.0. The van der Waals surface area contributed by atoms with E-state index in [4.69, 9.17) is 22.4 Å². The van der Waals surface area contributed by atoms with Crippen LogP contribution in [-0.4, -0.2) is 155 Å². The number of aliphatic hydroxyl groups excluding tert-OH is 2. The summed E-state index contributed by atoms with van der Waals surface area (Å²) in [5.41, 5.74) is -2.34. The van der Waals surface area contributed by atoms with Crippen LogP contribution >= 0.6 is 0 Å². The first-order valence-electron chi connectivity index (χ1n) is 24.4. The van der Waals surface area contributed by atoms with Gasteiger partial charge in [-0.2, -0.15) is 19.9 Å². The number of nitrogens with zero attached hydrogens (tertiary/aromatic N) is 10. The van der Waals surface area contributed by atoms with E-state index in [1.165, 1.54) is 31.1 Å². The third-order valence-corrected chi connectivity index (χ3v) is 23.8. The molecule has 7 rings (SSSR count). The summed E-state index contributed by atoms with van der Waals surface area (Å²) in [4.78, 5) is 54.7. The van der Waals surface area contributed by atoms with Gasteiger partial charge in [-0.3, -0.25) is 29.4 Å². The SMILES string of the molecule is CC(C)C(=O)Nc1nc(N(C)C)c2ncn([C@@H]3O[C@@H]4CO[Si](C(C)C)(C(C)C)O[Si](C(C)C)(C(C)C)O[C@H]4[C@@]3(C)F)c2n1.CC(C)C(=O)Nc1nc(N(C)C)c2ncn([C@@H]3O[C@H](CO)[C@@H](O)[C@@]3(C)F)c2n1.[HH].[HH]. The second-order valence-electron chi connectivity index (χ2n) is 21.5. The molecular formula is C46H80F2N12O9Si2. The number of carbonyl (C=O) groups excluding carboxylic acids is 2. The first kappa shape index (κ1) is 56.0. The molecule has 21 nitrogen and oxygen atoms in total. The van der Waals surface area contributed by atoms with E-state index >= 15 is 8.78 Å². The van der Waals surface area contributed by atoms with Gasteiger partial charge in [0.25, 0.3) is 0 Å². The molecule has 2 amide bonds. The Morgan fingerprint density at radius 2 is 1.15 bits per heavy atom. The number of aromatic nitrogens is 8. The van der Waals surface area contributed by atoms with Crippen molar-refractivity contribution in [3.05, 3.63) is 12.7 Å². The van der Waals surface area contributed by atoms with E-state index in [0.29, 0.717) is 28.3 Å².